The van der Waals surface area contributed by atoms with Crippen molar-refractivity contribution < 1.29 is 9.63 Å². The van der Waals surface area contributed by atoms with Gasteiger partial charge in [0.05, 0.1) is 0 Å². The average molecular weight is 190 g/mol. The van der Waals surface area contributed by atoms with E-state index in [1.807, 2.05) is 13.0 Å². The molecule has 72 valence electrons. The minimum atomic E-state index is 0.179. The molecule has 1 aromatic carbocycles. The van der Waals surface area contributed by atoms with Gasteiger partial charge in [0.2, 0.25) is 5.88 Å². The molecule has 0 unspecified atom stereocenters. The number of aryl methyl sites for hydroxylation is 1. The summed E-state index contributed by atoms with van der Waals surface area (Å²) in [5.74, 6) is 0.415. The summed E-state index contributed by atoms with van der Waals surface area (Å²) in [4.78, 5) is 0. The number of hydrogen-bond acceptors (Lipinski definition) is 4. The van der Waals surface area contributed by atoms with Crippen LogP contribution in [0.15, 0.2) is 28.8 Å². The van der Waals surface area contributed by atoms with Gasteiger partial charge in [-0.05, 0) is 24.6 Å². The fraction of sp³-hybridized carbons (Fsp3) is 0.100. The topological polar surface area (TPSA) is 72.3 Å². The Morgan fingerprint density at radius 3 is 2.71 bits per heavy atom. The van der Waals surface area contributed by atoms with Crippen molar-refractivity contribution in [3.63, 3.8) is 0 Å². The highest BCUT2D eigenvalue weighted by molar-refractivity contribution is 5.68. The summed E-state index contributed by atoms with van der Waals surface area (Å²) in [5, 5.41) is 13.3. The molecule has 0 atom stereocenters. The zero-order valence-electron chi connectivity index (χ0n) is 7.69. The first-order chi connectivity index (χ1) is 6.66. The van der Waals surface area contributed by atoms with Crippen molar-refractivity contribution in [2.45, 2.75) is 6.92 Å². The van der Waals surface area contributed by atoms with Gasteiger partial charge >= 0.3 is 0 Å². The van der Waals surface area contributed by atoms with Gasteiger partial charge in [-0.15, -0.1) is 0 Å². The molecule has 0 amide bonds. The fourth-order valence-electron chi connectivity index (χ4n) is 1.27. The van der Waals surface area contributed by atoms with E-state index in [2.05, 4.69) is 5.16 Å². The molecule has 0 aliphatic rings. The molecule has 0 aliphatic heterocycles. The van der Waals surface area contributed by atoms with Crippen molar-refractivity contribution in [1.29, 1.82) is 0 Å². The first-order valence-electron chi connectivity index (χ1n) is 4.19. The van der Waals surface area contributed by atoms with Crippen LogP contribution in [0, 0.1) is 6.92 Å². The highest BCUT2D eigenvalue weighted by Gasteiger charge is 2.08. The summed E-state index contributed by atoms with van der Waals surface area (Å²) in [6.07, 6.45) is 0. The standard InChI is InChI=1S/C10H10N2O2/c1-6-2-3-7(9(13)4-6)8-5-10(11)14-12-8/h2-5,13H,11H2,1H3. The second-order valence-corrected chi connectivity index (χ2v) is 3.14. The van der Waals surface area contributed by atoms with E-state index in [9.17, 15) is 5.11 Å². The summed E-state index contributed by atoms with van der Waals surface area (Å²) < 4.78 is 4.72. The molecular weight excluding hydrogens is 180 g/mol. The van der Waals surface area contributed by atoms with Crippen LogP contribution in [0.4, 0.5) is 5.88 Å². The van der Waals surface area contributed by atoms with Crippen molar-refractivity contribution in [2.75, 3.05) is 5.73 Å². The maximum Gasteiger partial charge on any atom is 0.222 e. The van der Waals surface area contributed by atoms with Gasteiger partial charge in [-0.3, -0.25) is 0 Å². The van der Waals surface area contributed by atoms with Crippen molar-refractivity contribution in [3.8, 4) is 17.0 Å². The van der Waals surface area contributed by atoms with Crippen molar-refractivity contribution in [1.82, 2.24) is 5.16 Å². The zero-order valence-corrected chi connectivity index (χ0v) is 7.69. The lowest BCUT2D eigenvalue weighted by Crippen LogP contribution is -1.80. The van der Waals surface area contributed by atoms with E-state index in [0.29, 0.717) is 11.3 Å². The van der Waals surface area contributed by atoms with Crippen molar-refractivity contribution in [2.24, 2.45) is 0 Å². The number of aromatic nitrogens is 1. The van der Waals surface area contributed by atoms with Crippen LogP contribution in [-0.2, 0) is 0 Å². The largest absolute Gasteiger partial charge is 0.507 e. The molecule has 1 aromatic heterocycles. The van der Waals surface area contributed by atoms with Crippen LogP contribution in [0.3, 0.4) is 0 Å². The smallest absolute Gasteiger partial charge is 0.222 e. The first-order valence-corrected chi connectivity index (χ1v) is 4.19. The lowest BCUT2D eigenvalue weighted by atomic mass is 10.1. The Hall–Kier alpha value is -1.97. The summed E-state index contributed by atoms with van der Waals surface area (Å²) in [5.41, 5.74) is 7.54. The number of rotatable bonds is 1. The molecule has 1 heterocycles. The van der Waals surface area contributed by atoms with E-state index in [0.717, 1.165) is 5.56 Å². The van der Waals surface area contributed by atoms with Gasteiger partial charge in [-0.1, -0.05) is 11.2 Å². The van der Waals surface area contributed by atoms with E-state index in [1.54, 1.807) is 18.2 Å². The second kappa shape index (κ2) is 3.06. The molecule has 3 N–H and O–H groups in total. The van der Waals surface area contributed by atoms with E-state index in [1.165, 1.54) is 0 Å². The van der Waals surface area contributed by atoms with Crippen LogP contribution < -0.4 is 5.73 Å². The lowest BCUT2D eigenvalue weighted by Gasteiger charge is -2.00. The number of benzene rings is 1. The predicted molar refractivity (Wildman–Crippen MR) is 52.8 cm³/mol. The van der Waals surface area contributed by atoms with Gasteiger partial charge in [0.1, 0.15) is 11.4 Å². The minimum absolute atomic E-state index is 0.179. The van der Waals surface area contributed by atoms with Gasteiger partial charge in [0.15, 0.2) is 0 Å². The highest BCUT2D eigenvalue weighted by atomic mass is 16.5. The number of hydrogen-bond donors (Lipinski definition) is 2. The number of nitrogens with zero attached hydrogens (tertiary/aromatic N) is 1. The third-order valence-corrected chi connectivity index (χ3v) is 1.96. The normalized spacial score (nSPS) is 10.4. The van der Waals surface area contributed by atoms with E-state index in [4.69, 9.17) is 10.3 Å². The van der Waals surface area contributed by atoms with E-state index >= 15 is 0 Å². The monoisotopic (exact) mass is 190 g/mol. The number of nitrogens with two attached hydrogens (primary N) is 1. The quantitative estimate of drug-likeness (QED) is 0.720. The third kappa shape index (κ3) is 1.42. The minimum Gasteiger partial charge on any atom is -0.507 e. The van der Waals surface area contributed by atoms with Crippen LogP contribution in [0.5, 0.6) is 5.75 Å². The SMILES string of the molecule is Cc1ccc(-c2cc(N)on2)c(O)c1. The van der Waals surface area contributed by atoms with Crippen LogP contribution in [0.2, 0.25) is 0 Å². The highest BCUT2D eigenvalue weighted by Crippen LogP contribution is 2.29. The Bertz CT molecular complexity index is 463. The Labute approximate surface area is 81.0 Å². The Kier molecular flexibility index (Phi) is 1.89. The molecule has 2 rings (SSSR count). The summed E-state index contributed by atoms with van der Waals surface area (Å²) in [6, 6.07) is 6.91. The van der Waals surface area contributed by atoms with Crippen molar-refractivity contribution in [3.05, 3.63) is 29.8 Å². The number of anilines is 1. The molecule has 14 heavy (non-hydrogen) atoms. The molecule has 4 nitrogen and oxygen atoms in total. The first kappa shape index (κ1) is 8.62. The van der Waals surface area contributed by atoms with Gasteiger partial charge in [-0.2, -0.15) is 0 Å². The van der Waals surface area contributed by atoms with Gasteiger partial charge < -0.3 is 15.4 Å². The van der Waals surface area contributed by atoms with Crippen LogP contribution in [0.25, 0.3) is 11.3 Å². The lowest BCUT2D eigenvalue weighted by molar-refractivity contribution is 0.437. The van der Waals surface area contributed by atoms with Gasteiger partial charge in [0, 0.05) is 11.6 Å². The molecule has 0 aliphatic carbocycles. The summed E-state index contributed by atoms with van der Waals surface area (Å²) in [7, 11) is 0. The molecule has 0 saturated heterocycles. The fourth-order valence-corrected chi connectivity index (χ4v) is 1.27. The summed E-state index contributed by atoms with van der Waals surface area (Å²) in [6.45, 7) is 1.90. The van der Waals surface area contributed by atoms with E-state index in [-0.39, 0.29) is 11.6 Å². The predicted octanol–water partition coefficient (Wildman–Crippen LogP) is 1.94. The number of aromatic hydroxyl groups is 1. The molecule has 0 radical (unpaired) electrons. The molecular formula is C10H10N2O2. The summed E-state index contributed by atoms with van der Waals surface area (Å²) >= 11 is 0. The molecule has 0 fully saturated rings. The Balaban J connectivity index is 2.52. The Morgan fingerprint density at radius 1 is 1.36 bits per heavy atom. The number of phenolic OH excluding ortho intramolecular Hbond substituents is 1. The number of phenols is 1. The van der Waals surface area contributed by atoms with Crippen LogP contribution >= 0.6 is 0 Å². The number of nitrogen functional groups attached to an aromatic ring is 1. The van der Waals surface area contributed by atoms with E-state index < -0.39 is 0 Å². The van der Waals surface area contributed by atoms with Crippen LogP contribution in [0.1, 0.15) is 5.56 Å². The van der Waals surface area contributed by atoms with Crippen LogP contribution in [-0.4, -0.2) is 10.3 Å². The average Bonchev–Trinajstić information content (AvgIpc) is 2.51. The molecule has 0 bridgehead atoms. The molecule has 4 heteroatoms. The Morgan fingerprint density at radius 2 is 2.14 bits per heavy atom. The van der Waals surface area contributed by atoms with Gasteiger partial charge in [0.25, 0.3) is 0 Å². The second-order valence-electron chi connectivity index (χ2n) is 3.14. The molecule has 0 saturated carbocycles. The molecule has 2 aromatic rings. The maximum absolute atomic E-state index is 9.63. The van der Waals surface area contributed by atoms with Gasteiger partial charge in [-0.25, -0.2) is 0 Å². The molecule has 0 spiro atoms. The maximum atomic E-state index is 9.63. The van der Waals surface area contributed by atoms with Crippen molar-refractivity contribution >= 4 is 5.88 Å². The zero-order chi connectivity index (χ0) is 10.1. The third-order valence-electron chi connectivity index (χ3n) is 1.96.